The maximum Gasteiger partial charge on any atom is 0.265 e. The molecule has 7 nitrogen and oxygen atoms in total. The lowest BCUT2D eigenvalue weighted by Gasteiger charge is -2.35. The first-order chi connectivity index (χ1) is 15.3. The third-order valence-corrected chi connectivity index (χ3v) is 6.82. The van der Waals surface area contributed by atoms with Crippen molar-refractivity contribution in [2.24, 2.45) is 5.16 Å². The van der Waals surface area contributed by atoms with Crippen molar-refractivity contribution in [3.63, 3.8) is 0 Å². The number of fused-ring (bicyclic) bond motifs is 1. The summed E-state index contributed by atoms with van der Waals surface area (Å²) in [5.74, 6) is -0.0548. The van der Waals surface area contributed by atoms with Crippen LogP contribution in [0.3, 0.4) is 0 Å². The van der Waals surface area contributed by atoms with Crippen molar-refractivity contribution >= 4 is 38.5 Å². The summed E-state index contributed by atoms with van der Waals surface area (Å²) in [6.07, 6.45) is 4.20. The molecular formula is C22H21ClFN3O4S. The van der Waals surface area contributed by atoms with Gasteiger partial charge >= 0.3 is 0 Å². The molecule has 168 valence electrons. The van der Waals surface area contributed by atoms with Gasteiger partial charge < -0.3 is 9.82 Å². The number of hydrogen-bond donors (Lipinski definition) is 1. The standard InChI is InChI=1S/C22H21ClFN3O4S/c1-32(28,29)30-20-19(27-31-22(20)9-5-2-6-10-22)21-25-17-12-13(11-15(23)18(17)26-21)14-7-3-4-8-16(14)24/h3-4,7-8,11-12,20H,2,5-6,9-10H2,1H3,(H,25,26). The Balaban J connectivity index is 1.58. The third-order valence-electron chi connectivity index (χ3n) is 5.99. The molecule has 1 fully saturated rings. The molecule has 0 radical (unpaired) electrons. The highest BCUT2D eigenvalue weighted by atomic mass is 35.5. The van der Waals surface area contributed by atoms with E-state index in [0.29, 0.717) is 45.8 Å². The van der Waals surface area contributed by atoms with Crippen LogP contribution in [0, 0.1) is 5.82 Å². The van der Waals surface area contributed by atoms with Gasteiger partial charge in [-0.25, -0.2) is 9.37 Å². The van der Waals surface area contributed by atoms with Crippen molar-refractivity contribution < 1.29 is 21.8 Å². The van der Waals surface area contributed by atoms with E-state index in [0.717, 1.165) is 25.5 Å². The van der Waals surface area contributed by atoms with Gasteiger partial charge in [0.15, 0.2) is 23.2 Å². The molecule has 2 heterocycles. The molecule has 1 aliphatic carbocycles. The SMILES string of the molecule is CS(=O)(=O)OC1C(c2nc3c(Cl)cc(-c4ccccc4F)cc3[nH]2)=NOC12CCCCC2. The second-order valence-electron chi connectivity index (χ2n) is 8.29. The lowest BCUT2D eigenvalue weighted by molar-refractivity contribution is -0.0887. The molecule has 2 aromatic carbocycles. The molecule has 1 aromatic heterocycles. The highest BCUT2D eigenvalue weighted by molar-refractivity contribution is 7.86. The van der Waals surface area contributed by atoms with E-state index in [-0.39, 0.29) is 11.5 Å². The minimum absolute atomic E-state index is 0.275. The Labute approximate surface area is 189 Å². The summed E-state index contributed by atoms with van der Waals surface area (Å²) in [6.45, 7) is 0. The van der Waals surface area contributed by atoms with E-state index in [1.54, 1.807) is 30.3 Å². The van der Waals surface area contributed by atoms with Gasteiger partial charge in [0, 0.05) is 5.56 Å². The summed E-state index contributed by atoms with van der Waals surface area (Å²) in [7, 11) is -3.78. The molecule has 1 N–H and O–H groups in total. The fourth-order valence-electron chi connectivity index (χ4n) is 4.51. The van der Waals surface area contributed by atoms with Gasteiger partial charge in [-0.05, 0) is 49.4 Å². The molecule has 2 aliphatic rings. The fraction of sp³-hybridized carbons (Fsp3) is 0.364. The van der Waals surface area contributed by atoms with Gasteiger partial charge in [0.2, 0.25) is 0 Å². The largest absolute Gasteiger partial charge is 0.386 e. The monoisotopic (exact) mass is 477 g/mol. The van der Waals surface area contributed by atoms with Crippen LogP contribution in [0.25, 0.3) is 22.2 Å². The van der Waals surface area contributed by atoms with Gasteiger partial charge in [-0.2, -0.15) is 8.42 Å². The first-order valence-electron chi connectivity index (χ1n) is 10.3. The van der Waals surface area contributed by atoms with E-state index >= 15 is 0 Å². The summed E-state index contributed by atoms with van der Waals surface area (Å²) >= 11 is 6.47. The Bertz CT molecular complexity index is 1330. The van der Waals surface area contributed by atoms with E-state index in [1.165, 1.54) is 6.07 Å². The van der Waals surface area contributed by atoms with Crippen LogP contribution >= 0.6 is 11.6 Å². The molecular weight excluding hydrogens is 457 g/mol. The van der Waals surface area contributed by atoms with Crippen molar-refractivity contribution in [2.45, 2.75) is 43.8 Å². The average molecular weight is 478 g/mol. The number of nitrogens with zero attached hydrogens (tertiary/aromatic N) is 2. The number of rotatable bonds is 4. The van der Waals surface area contributed by atoms with Gasteiger partial charge in [-0.15, -0.1) is 0 Å². The Kier molecular flexibility index (Phi) is 5.22. The van der Waals surface area contributed by atoms with Crippen LogP contribution in [-0.4, -0.2) is 42.1 Å². The summed E-state index contributed by atoms with van der Waals surface area (Å²) in [5.41, 5.74) is 1.47. The Morgan fingerprint density at radius 2 is 1.97 bits per heavy atom. The number of aromatic amines is 1. The molecule has 10 heteroatoms. The summed E-state index contributed by atoms with van der Waals surface area (Å²) in [5, 5.41) is 4.53. The van der Waals surface area contributed by atoms with Gasteiger partial charge in [0.1, 0.15) is 11.3 Å². The van der Waals surface area contributed by atoms with Crippen LogP contribution in [0.15, 0.2) is 41.6 Å². The molecule has 1 spiro atoms. The van der Waals surface area contributed by atoms with Gasteiger partial charge in [-0.3, -0.25) is 4.18 Å². The highest BCUT2D eigenvalue weighted by Gasteiger charge is 2.53. The molecule has 1 atom stereocenters. The molecule has 0 saturated heterocycles. The normalized spacial score (nSPS) is 20.5. The minimum atomic E-state index is -3.78. The zero-order valence-corrected chi connectivity index (χ0v) is 18.8. The number of aromatic nitrogens is 2. The first kappa shape index (κ1) is 21.4. The minimum Gasteiger partial charge on any atom is -0.386 e. The van der Waals surface area contributed by atoms with Crippen molar-refractivity contribution in [2.75, 3.05) is 6.26 Å². The number of nitrogens with one attached hydrogen (secondary N) is 1. The molecule has 32 heavy (non-hydrogen) atoms. The molecule has 1 saturated carbocycles. The van der Waals surface area contributed by atoms with Crippen molar-refractivity contribution in [1.29, 1.82) is 0 Å². The highest BCUT2D eigenvalue weighted by Crippen LogP contribution is 2.42. The number of oxime groups is 1. The van der Waals surface area contributed by atoms with Crippen LogP contribution in [-0.2, 0) is 19.1 Å². The molecule has 5 rings (SSSR count). The first-order valence-corrected chi connectivity index (χ1v) is 12.5. The average Bonchev–Trinajstić information content (AvgIpc) is 3.30. The fourth-order valence-corrected chi connectivity index (χ4v) is 5.39. The number of imidazole rings is 1. The Morgan fingerprint density at radius 3 is 2.69 bits per heavy atom. The van der Waals surface area contributed by atoms with Crippen LogP contribution < -0.4 is 0 Å². The van der Waals surface area contributed by atoms with Crippen LogP contribution in [0.2, 0.25) is 5.02 Å². The lowest BCUT2D eigenvalue weighted by Crippen LogP contribution is -2.48. The molecule has 1 unspecified atom stereocenters. The van der Waals surface area contributed by atoms with Gasteiger partial charge in [0.25, 0.3) is 10.1 Å². The Hall–Kier alpha value is -2.49. The van der Waals surface area contributed by atoms with E-state index in [1.807, 2.05) is 0 Å². The van der Waals surface area contributed by atoms with Crippen molar-refractivity contribution in [1.82, 2.24) is 9.97 Å². The van der Waals surface area contributed by atoms with Crippen LogP contribution in [0.4, 0.5) is 4.39 Å². The summed E-state index contributed by atoms with van der Waals surface area (Å²) < 4.78 is 43.8. The second kappa shape index (κ2) is 7.83. The number of hydrogen-bond acceptors (Lipinski definition) is 6. The summed E-state index contributed by atoms with van der Waals surface area (Å²) in [4.78, 5) is 13.5. The lowest BCUT2D eigenvalue weighted by atomic mass is 9.79. The zero-order chi connectivity index (χ0) is 22.5. The second-order valence-corrected chi connectivity index (χ2v) is 10.3. The van der Waals surface area contributed by atoms with Crippen LogP contribution in [0.1, 0.15) is 37.9 Å². The van der Waals surface area contributed by atoms with E-state index < -0.39 is 21.8 Å². The smallest absolute Gasteiger partial charge is 0.265 e. The topological polar surface area (TPSA) is 93.6 Å². The summed E-state index contributed by atoms with van der Waals surface area (Å²) in [6, 6.07) is 9.81. The number of halogens is 2. The van der Waals surface area contributed by atoms with Gasteiger partial charge in [0.05, 0.1) is 16.8 Å². The van der Waals surface area contributed by atoms with E-state index in [2.05, 4.69) is 15.1 Å². The molecule has 3 aromatic rings. The predicted octanol–water partition coefficient (Wildman–Crippen LogP) is 4.80. The molecule has 0 bridgehead atoms. The quantitative estimate of drug-likeness (QED) is 0.544. The zero-order valence-electron chi connectivity index (χ0n) is 17.3. The maximum absolute atomic E-state index is 14.3. The van der Waals surface area contributed by atoms with E-state index in [9.17, 15) is 12.8 Å². The molecule has 1 aliphatic heterocycles. The number of H-pyrrole nitrogens is 1. The molecule has 0 amide bonds. The number of benzene rings is 2. The van der Waals surface area contributed by atoms with Crippen LogP contribution in [0.5, 0.6) is 0 Å². The van der Waals surface area contributed by atoms with E-state index in [4.69, 9.17) is 20.6 Å². The Morgan fingerprint density at radius 1 is 1.22 bits per heavy atom. The third kappa shape index (κ3) is 3.78. The maximum atomic E-state index is 14.3. The van der Waals surface area contributed by atoms with Gasteiger partial charge in [-0.1, -0.05) is 41.4 Å². The van der Waals surface area contributed by atoms with Crippen molar-refractivity contribution in [3.8, 4) is 11.1 Å². The van der Waals surface area contributed by atoms with Crippen molar-refractivity contribution in [3.05, 3.63) is 53.1 Å². The predicted molar refractivity (Wildman–Crippen MR) is 120 cm³/mol.